The lowest BCUT2D eigenvalue weighted by Gasteiger charge is -2.21. The molecule has 0 spiro atoms. The maximum Gasteiger partial charge on any atom is 0.260 e. The normalized spacial score (nSPS) is 10.3. The summed E-state index contributed by atoms with van der Waals surface area (Å²) in [6.07, 6.45) is 8.36. The fourth-order valence-electron chi connectivity index (χ4n) is 2.44. The summed E-state index contributed by atoms with van der Waals surface area (Å²) < 4.78 is 0. The lowest BCUT2D eigenvalue weighted by atomic mass is 10.1. The van der Waals surface area contributed by atoms with Crippen molar-refractivity contribution < 1.29 is 14.8 Å². The molecule has 2 N–H and O–H groups in total. The van der Waals surface area contributed by atoms with Crippen molar-refractivity contribution in [3.63, 3.8) is 0 Å². The number of carbonyl (C=O) groups excluding carboxylic acids is 2. The minimum absolute atomic E-state index is 0.133. The zero-order valence-electron chi connectivity index (χ0n) is 14.0. The SMILES string of the molecule is O=C(CCCCCCN(C(=O)c1cccnc1)c1ccccn1)NO. The number of anilines is 1. The van der Waals surface area contributed by atoms with E-state index in [4.69, 9.17) is 5.21 Å². The number of pyridine rings is 2. The van der Waals surface area contributed by atoms with E-state index in [1.54, 1.807) is 47.2 Å². The minimum Gasteiger partial charge on any atom is -0.293 e. The second-order valence-corrected chi connectivity index (χ2v) is 5.59. The molecule has 2 aromatic rings. The van der Waals surface area contributed by atoms with E-state index in [2.05, 4.69) is 9.97 Å². The van der Waals surface area contributed by atoms with Crippen molar-refractivity contribution in [2.24, 2.45) is 0 Å². The minimum atomic E-state index is -0.373. The molecule has 0 unspecified atom stereocenters. The van der Waals surface area contributed by atoms with Crippen LogP contribution in [0.1, 0.15) is 42.5 Å². The van der Waals surface area contributed by atoms with Gasteiger partial charge in [0.2, 0.25) is 5.91 Å². The average molecular weight is 342 g/mol. The molecular weight excluding hydrogens is 320 g/mol. The van der Waals surface area contributed by atoms with Gasteiger partial charge in [-0.15, -0.1) is 0 Å². The Morgan fingerprint density at radius 1 is 1.04 bits per heavy atom. The fraction of sp³-hybridized carbons (Fsp3) is 0.333. The molecule has 2 heterocycles. The van der Waals surface area contributed by atoms with Crippen LogP contribution < -0.4 is 10.4 Å². The number of nitrogens with one attached hydrogen (secondary N) is 1. The van der Waals surface area contributed by atoms with Gasteiger partial charge in [-0.1, -0.05) is 18.9 Å². The Bertz CT molecular complexity index is 665. The average Bonchev–Trinajstić information content (AvgIpc) is 2.68. The van der Waals surface area contributed by atoms with Crippen LogP contribution in [0.2, 0.25) is 0 Å². The van der Waals surface area contributed by atoms with Crippen LogP contribution in [0.3, 0.4) is 0 Å². The molecule has 0 saturated carbocycles. The quantitative estimate of drug-likeness (QED) is 0.415. The van der Waals surface area contributed by atoms with Crippen LogP contribution in [-0.4, -0.2) is 33.5 Å². The summed E-state index contributed by atoms with van der Waals surface area (Å²) in [4.78, 5) is 33.6. The molecule has 0 aliphatic rings. The van der Waals surface area contributed by atoms with Crippen molar-refractivity contribution in [1.29, 1.82) is 0 Å². The molecular formula is C18H22N4O3. The Hall–Kier alpha value is -2.80. The van der Waals surface area contributed by atoms with Crippen molar-refractivity contribution in [3.05, 3.63) is 54.5 Å². The van der Waals surface area contributed by atoms with Crippen LogP contribution in [-0.2, 0) is 4.79 Å². The number of nitrogens with zero attached hydrogens (tertiary/aromatic N) is 3. The molecule has 0 radical (unpaired) electrons. The molecule has 0 fully saturated rings. The first-order valence-electron chi connectivity index (χ1n) is 8.28. The van der Waals surface area contributed by atoms with Gasteiger partial charge in [-0.05, 0) is 37.1 Å². The van der Waals surface area contributed by atoms with Gasteiger partial charge in [-0.3, -0.25) is 24.7 Å². The van der Waals surface area contributed by atoms with E-state index in [9.17, 15) is 9.59 Å². The van der Waals surface area contributed by atoms with Gasteiger partial charge < -0.3 is 0 Å². The summed E-state index contributed by atoms with van der Waals surface area (Å²) in [6.45, 7) is 0.539. The van der Waals surface area contributed by atoms with Crippen molar-refractivity contribution >= 4 is 17.6 Å². The van der Waals surface area contributed by atoms with Crippen LogP contribution in [0, 0.1) is 0 Å². The highest BCUT2D eigenvalue weighted by Crippen LogP contribution is 2.15. The summed E-state index contributed by atoms with van der Waals surface area (Å²) in [7, 11) is 0. The maximum absolute atomic E-state index is 12.8. The molecule has 2 aromatic heterocycles. The van der Waals surface area contributed by atoms with Crippen LogP contribution in [0.5, 0.6) is 0 Å². The molecule has 0 aliphatic carbocycles. The molecule has 0 bridgehead atoms. The highest BCUT2D eigenvalue weighted by molar-refractivity contribution is 6.05. The molecule has 7 heteroatoms. The monoisotopic (exact) mass is 342 g/mol. The Labute approximate surface area is 146 Å². The van der Waals surface area contributed by atoms with E-state index in [0.717, 1.165) is 19.3 Å². The number of hydrogen-bond donors (Lipinski definition) is 2. The number of unbranched alkanes of at least 4 members (excludes halogenated alkanes) is 3. The predicted molar refractivity (Wildman–Crippen MR) is 93.2 cm³/mol. The number of amides is 2. The Balaban J connectivity index is 1.92. The summed E-state index contributed by atoms with van der Waals surface area (Å²) in [5.74, 6) is 0.101. The molecule has 0 aliphatic heterocycles. The Morgan fingerprint density at radius 3 is 2.56 bits per heavy atom. The number of rotatable bonds is 9. The third kappa shape index (κ3) is 5.96. The second-order valence-electron chi connectivity index (χ2n) is 5.59. The molecule has 0 atom stereocenters. The highest BCUT2D eigenvalue weighted by atomic mass is 16.5. The molecule has 0 aromatic carbocycles. The first-order valence-corrected chi connectivity index (χ1v) is 8.28. The van der Waals surface area contributed by atoms with E-state index in [1.165, 1.54) is 0 Å². The third-order valence-corrected chi connectivity index (χ3v) is 3.74. The van der Waals surface area contributed by atoms with Crippen molar-refractivity contribution in [2.75, 3.05) is 11.4 Å². The van der Waals surface area contributed by atoms with E-state index in [0.29, 0.717) is 30.8 Å². The molecule has 132 valence electrons. The molecule has 0 saturated heterocycles. The van der Waals surface area contributed by atoms with E-state index >= 15 is 0 Å². The first-order chi connectivity index (χ1) is 12.2. The lowest BCUT2D eigenvalue weighted by molar-refractivity contribution is -0.129. The molecule has 7 nitrogen and oxygen atoms in total. The maximum atomic E-state index is 12.8. The number of hydrogen-bond acceptors (Lipinski definition) is 5. The standard InChI is InChI=1S/C18H22N4O3/c23-17(21-25)10-3-1-2-6-13-22(16-9-4-5-12-20-16)18(24)15-8-7-11-19-14-15/h4-5,7-9,11-12,14,25H,1-3,6,10,13H2,(H,21,23). The van der Waals surface area contributed by atoms with Crippen molar-refractivity contribution in [3.8, 4) is 0 Å². The number of carbonyl (C=O) groups is 2. The summed E-state index contributed by atoms with van der Waals surface area (Å²) in [5, 5.41) is 8.45. The van der Waals surface area contributed by atoms with Gasteiger partial charge in [-0.25, -0.2) is 10.5 Å². The van der Waals surface area contributed by atoms with Crippen LogP contribution >= 0.6 is 0 Å². The van der Waals surface area contributed by atoms with Crippen LogP contribution in [0.25, 0.3) is 0 Å². The third-order valence-electron chi connectivity index (χ3n) is 3.74. The second kappa shape index (κ2) is 10.1. The first kappa shape index (κ1) is 18.5. The van der Waals surface area contributed by atoms with Gasteiger partial charge in [0.15, 0.2) is 0 Å². The van der Waals surface area contributed by atoms with Gasteiger partial charge in [-0.2, -0.15) is 0 Å². The van der Waals surface area contributed by atoms with Crippen LogP contribution in [0.4, 0.5) is 5.82 Å². The molecule has 25 heavy (non-hydrogen) atoms. The van der Waals surface area contributed by atoms with Gasteiger partial charge in [0.25, 0.3) is 5.91 Å². The zero-order chi connectivity index (χ0) is 17.9. The summed E-state index contributed by atoms with van der Waals surface area (Å²) >= 11 is 0. The largest absolute Gasteiger partial charge is 0.293 e. The van der Waals surface area contributed by atoms with E-state index in [1.807, 2.05) is 12.1 Å². The summed E-state index contributed by atoms with van der Waals surface area (Å²) in [6, 6.07) is 8.93. The number of aromatic nitrogens is 2. The summed E-state index contributed by atoms with van der Waals surface area (Å²) in [5.41, 5.74) is 2.14. The van der Waals surface area contributed by atoms with Gasteiger partial charge >= 0.3 is 0 Å². The van der Waals surface area contributed by atoms with Crippen molar-refractivity contribution in [1.82, 2.24) is 15.4 Å². The lowest BCUT2D eigenvalue weighted by Crippen LogP contribution is -2.32. The predicted octanol–water partition coefficient (Wildman–Crippen LogP) is 2.58. The van der Waals surface area contributed by atoms with E-state index < -0.39 is 0 Å². The van der Waals surface area contributed by atoms with Gasteiger partial charge in [0.1, 0.15) is 5.82 Å². The molecule has 2 amide bonds. The van der Waals surface area contributed by atoms with E-state index in [-0.39, 0.29) is 11.8 Å². The Morgan fingerprint density at radius 2 is 1.88 bits per heavy atom. The topological polar surface area (TPSA) is 95.4 Å². The van der Waals surface area contributed by atoms with Crippen LogP contribution in [0.15, 0.2) is 48.9 Å². The molecule has 2 rings (SSSR count). The zero-order valence-corrected chi connectivity index (χ0v) is 14.0. The number of hydroxylamine groups is 1. The van der Waals surface area contributed by atoms with Gasteiger partial charge in [0.05, 0.1) is 5.56 Å². The Kier molecular flexibility index (Phi) is 7.52. The van der Waals surface area contributed by atoms with Crippen molar-refractivity contribution in [2.45, 2.75) is 32.1 Å². The highest BCUT2D eigenvalue weighted by Gasteiger charge is 2.18. The fourth-order valence-corrected chi connectivity index (χ4v) is 2.44. The van der Waals surface area contributed by atoms with Gasteiger partial charge in [0, 0.05) is 31.6 Å². The smallest absolute Gasteiger partial charge is 0.260 e.